The van der Waals surface area contributed by atoms with Crippen LogP contribution in [-0.4, -0.2) is 50.7 Å². The molecule has 0 aliphatic rings. The summed E-state index contributed by atoms with van der Waals surface area (Å²) in [5.41, 5.74) is -0.932. The van der Waals surface area contributed by atoms with E-state index in [2.05, 4.69) is 15.2 Å². The van der Waals surface area contributed by atoms with Gasteiger partial charge in [0.2, 0.25) is 5.91 Å². The number of aromatic nitrogens is 3. The van der Waals surface area contributed by atoms with Crippen LogP contribution in [0.5, 0.6) is 0 Å². The first-order valence-corrected chi connectivity index (χ1v) is 11.1. The van der Waals surface area contributed by atoms with Crippen LogP contribution in [0.1, 0.15) is 18.0 Å². The lowest BCUT2D eigenvalue weighted by Crippen LogP contribution is -2.39. The zero-order valence-corrected chi connectivity index (χ0v) is 20.0. The number of carbonyl (C=O) groups is 2. The van der Waals surface area contributed by atoms with Gasteiger partial charge in [0.15, 0.2) is 11.9 Å². The van der Waals surface area contributed by atoms with Crippen molar-refractivity contribution in [3.8, 4) is 11.4 Å². The Morgan fingerprint density at radius 3 is 2.41 bits per heavy atom. The number of benzene rings is 2. The van der Waals surface area contributed by atoms with E-state index in [1.807, 2.05) is 0 Å². The molecule has 2 aromatic carbocycles. The average molecular weight is 545 g/mol. The Hall–Kier alpha value is -3.71. The molecule has 0 aliphatic carbocycles. The number of aliphatic hydroxyl groups excluding tert-OH is 1. The molecule has 3 rings (SSSR count). The van der Waals surface area contributed by atoms with E-state index in [1.54, 1.807) is 0 Å². The van der Waals surface area contributed by atoms with E-state index < -0.39 is 61.2 Å². The van der Waals surface area contributed by atoms with E-state index in [0.29, 0.717) is 14.3 Å². The summed E-state index contributed by atoms with van der Waals surface area (Å²) < 4.78 is 59.1. The molecule has 0 fully saturated rings. The highest BCUT2D eigenvalue weighted by atomic mass is 35.5. The normalized spacial score (nSPS) is 13.2. The van der Waals surface area contributed by atoms with Crippen LogP contribution >= 0.6 is 11.6 Å². The van der Waals surface area contributed by atoms with Crippen LogP contribution in [0.15, 0.2) is 53.3 Å². The number of amides is 1. The second-order valence-corrected chi connectivity index (χ2v) is 8.30. The largest absolute Gasteiger partial charge is 0.469 e. The van der Waals surface area contributed by atoms with Crippen LogP contribution in [0.4, 0.5) is 17.6 Å². The lowest BCUT2D eigenvalue weighted by atomic mass is 10.0. The van der Waals surface area contributed by atoms with Gasteiger partial charge in [0.25, 0.3) is 0 Å². The van der Waals surface area contributed by atoms with Crippen molar-refractivity contribution in [1.82, 2.24) is 19.7 Å². The Morgan fingerprint density at radius 2 is 1.81 bits per heavy atom. The summed E-state index contributed by atoms with van der Waals surface area (Å²) in [6, 6.07) is 9.85. The summed E-state index contributed by atoms with van der Waals surface area (Å²) in [6.07, 6.45) is -8.33. The molecular weight excluding hydrogens is 524 g/mol. The third kappa shape index (κ3) is 6.95. The molecular formula is C23H21ClF4N4O5. The Balaban J connectivity index is 1.93. The first-order chi connectivity index (χ1) is 17.4. The maximum atomic E-state index is 14.3. The molecule has 0 saturated heterocycles. The van der Waals surface area contributed by atoms with Gasteiger partial charge in [0.1, 0.15) is 12.4 Å². The van der Waals surface area contributed by atoms with Crippen LogP contribution in [0.2, 0.25) is 5.02 Å². The van der Waals surface area contributed by atoms with E-state index in [0.717, 1.165) is 13.2 Å². The molecule has 1 heterocycles. The van der Waals surface area contributed by atoms with Gasteiger partial charge in [-0.05, 0) is 30.3 Å². The van der Waals surface area contributed by atoms with E-state index in [4.69, 9.17) is 11.6 Å². The van der Waals surface area contributed by atoms with Gasteiger partial charge in [-0.3, -0.25) is 14.2 Å². The van der Waals surface area contributed by atoms with Gasteiger partial charge in [0, 0.05) is 16.1 Å². The minimum atomic E-state index is -5.02. The first-order valence-electron chi connectivity index (χ1n) is 10.7. The van der Waals surface area contributed by atoms with Crippen LogP contribution in [-0.2, 0) is 27.4 Å². The number of aliphatic hydroxyl groups is 1. The fraction of sp³-hybridized carbons (Fsp3) is 0.304. The van der Waals surface area contributed by atoms with E-state index >= 15 is 0 Å². The zero-order chi connectivity index (χ0) is 27.3. The molecule has 0 spiro atoms. The molecule has 0 radical (unpaired) electrons. The minimum Gasteiger partial charge on any atom is -0.469 e. The number of ether oxygens (including phenoxy) is 1. The number of halogens is 5. The number of hydrogen-bond donors (Lipinski definition) is 2. The maximum absolute atomic E-state index is 14.3. The lowest BCUT2D eigenvalue weighted by Gasteiger charge is -2.18. The number of alkyl halides is 3. The Labute approximate surface area is 212 Å². The topological polar surface area (TPSA) is 115 Å². The standard InChI is InChI=1S/C23H21ClF4N4O5/c1-37-20(35)10-17(15-4-2-3-5-16(15)25)29-19(34)12-32-22(36)31(11-18(33)23(26,27)28)21(30-32)13-6-8-14(24)9-7-13/h2-9,17-18,33H,10-12H2,1H3,(H,29,34). The van der Waals surface area contributed by atoms with Gasteiger partial charge in [-0.15, -0.1) is 5.10 Å². The lowest BCUT2D eigenvalue weighted by molar-refractivity contribution is -0.207. The van der Waals surface area contributed by atoms with Crippen LogP contribution < -0.4 is 11.0 Å². The number of carbonyl (C=O) groups excluding carboxylic acids is 2. The molecule has 2 unspecified atom stereocenters. The summed E-state index contributed by atoms with van der Waals surface area (Å²) in [6.45, 7) is -1.96. The molecule has 0 bridgehead atoms. The summed E-state index contributed by atoms with van der Waals surface area (Å²) in [7, 11) is 1.11. The predicted molar refractivity (Wildman–Crippen MR) is 123 cm³/mol. The monoisotopic (exact) mass is 544 g/mol. The summed E-state index contributed by atoms with van der Waals surface area (Å²) in [5, 5.41) is 16.3. The van der Waals surface area contributed by atoms with Crippen molar-refractivity contribution in [2.45, 2.75) is 37.8 Å². The fourth-order valence-corrected chi connectivity index (χ4v) is 3.55. The molecule has 1 amide bonds. The number of esters is 1. The van der Waals surface area contributed by atoms with Crippen LogP contribution in [0.3, 0.4) is 0 Å². The van der Waals surface area contributed by atoms with Crippen molar-refractivity contribution in [1.29, 1.82) is 0 Å². The average Bonchev–Trinajstić information content (AvgIpc) is 3.13. The maximum Gasteiger partial charge on any atom is 0.416 e. The fourth-order valence-electron chi connectivity index (χ4n) is 3.42. The molecule has 1 aromatic heterocycles. The van der Waals surface area contributed by atoms with Crippen molar-refractivity contribution in [3.63, 3.8) is 0 Å². The number of methoxy groups -OCH3 is 1. The quantitative estimate of drug-likeness (QED) is 0.316. The molecule has 0 saturated carbocycles. The molecule has 37 heavy (non-hydrogen) atoms. The third-order valence-electron chi connectivity index (χ3n) is 5.27. The molecule has 3 aromatic rings. The van der Waals surface area contributed by atoms with Crippen molar-refractivity contribution in [2.24, 2.45) is 0 Å². The van der Waals surface area contributed by atoms with E-state index in [1.165, 1.54) is 42.5 Å². The van der Waals surface area contributed by atoms with Gasteiger partial charge in [-0.2, -0.15) is 13.2 Å². The predicted octanol–water partition coefficient (Wildman–Crippen LogP) is 2.85. The molecule has 9 nitrogen and oxygen atoms in total. The van der Waals surface area contributed by atoms with Crippen molar-refractivity contribution in [3.05, 3.63) is 75.4 Å². The van der Waals surface area contributed by atoms with Gasteiger partial charge in [-0.1, -0.05) is 29.8 Å². The molecule has 2 N–H and O–H groups in total. The second kappa shape index (κ2) is 11.6. The van der Waals surface area contributed by atoms with Gasteiger partial charge in [-0.25, -0.2) is 13.9 Å². The number of nitrogens with one attached hydrogen (secondary N) is 1. The molecule has 14 heteroatoms. The highest BCUT2D eigenvalue weighted by Gasteiger charge is 2.39. The van der Waals surface area contributed by atoms with Crippen LogP contribution in [0, 0.1) is 5.82 Å². The summed E-state index contributed by atoms with van der Waals surface area (Å²) >= 11 is 5.85. The smallest absolute Gasteiger partial charge is 0.416 e. The van der Waals surface area contributed by atoms with Gasteiger partial charge in [0.05, 0.1) is 26.1 Å². The van der Waals surface area contributed by atoms with Crippen molar-refractivity contribution in [2.75, 3.05) is 7.11 Å². The third-order valence-corrected chi connectivity index (χ3v) is 5.52. The zero-order valence-electron chi connectivity index (χ0n) is 19.2. The minimum absolute atomic E-state index is 0.0192. The van der Waals surface area contributed by atoms with Crippen molar-refractivity contribution < 1.29 is 37.0 Å². The van der Waals surface area contributed by atoms with Crippen molar-refractivity contribution >= 4 is 23.5 Å². The molecule has 198 valence electrons. The number of rotatable bonds is 9. The highest BCUT2D eigenvalue weighted by Crippen LogP contribution is 2.24. The van der Waals surface area contributed by atoms with Gasteiger partial charge < -0.3 is 15.2 Å². The summed E-state index contributed by atoms with van der Waals surface area (Å²) in [4.78, 5) is 37.5. The SMILES string of the molecule is COC(=O)CC(NC(=O)Cn1nc(-c2ccc(Cl)cc2)n(CC(O)C(F)(F)F)c1=O)c1ccccc1F. The Kier molecular flexibility index (Phi) is 8.71. The Morgan fingerprint density at radius 1 is 1.16 bits per heavy atom. The number of hydrogen-bond acceptors (Lipinski definition) is 6. The van der Waals surface area contributed by atoms with E-state index in [9.17, 15) is 37.1 Å². The first kappa shape index (κ1) is 27.9. The van der Waals surface area contributed by atoms with Gasteiger partial charge >= 0.3 is 17.8 Å². The second-order valence-electron chi connectivity index (χ2n) is 7.86. The molecule has 2 atom stereocenters. The number of nitrogens with zero attached hydrogens (tertiary/aromatic N) is 3. The summed E-state index contributed by atoms with van der Waals surface area (Å²) in [5.74, 6) is -2.59. The highest BCUT2D eigenvalue weighted by molar-refractivity contribution is 6.30. The molecule has 0 aliphatic heterocycles. The van der Waals surface area contributed by atoms with E-state index in [-0.39, 0.29) is 17.0 Å². The Bertz CT molecular complexity index is 1320. The van der Waals surface area contributed by atoms with Crippen LogP contribution in [0.25, 0.3) is 11.4 Å².